The van der Waals surface area contributed by atoms with Crippen LogP contribution in [0.25, 0.3) is 0 Å². The summed E-state index contributed by atoms with van der Waals surface area (Å²) in [5.41, 5.74) is -0.393. The van der Waals surface area contributed by atoms with E-state index in [1.165, 1.54) is 11.8 Å². The first-order valence-electron chi connectivity index (χ1n) is 5.22. The van der Waals surface area contributed by atoms with E-state index in [1.807, 2.05) is 0 Å². The summed E-state index contributed by atoms with van der Waals surface area (Å²) in [6.07, 6.45) is -6.99. The van der Waals surface area contributed by atoms with E-state index >= 15 is 0 Å². The molecule has 5 atom stereocenters. The van der Waals surface area contributed by atoms with Crippen molar-refractivity contribution in [3.05, 3.63) is 0 Å². The molecular formula is C9H14F2N2O3S. The van der Waals surface area contributed by atoms with E-state index in [0.29, 0.717) is 5.17 Å². The lowest BCUT2D eigenvalue weighted by Crippen LogP contribution is -2.54. The molecular weight excluding hydrogens is 254 g/mol. The highest BCUT2D eigenvalue weighted by Crippen LogP contribution is 2.35. The second-order valence-electron chi connectivity index (χ2n) is 3.99. The Kier molecular flexibility index (Phi) is 3.86. The molecule has 0 saturated carbocycles. The summed E-state index contributed by atoms with van der Waals surface area (Å²) in [4.78, 5) is 3.94. The Morgan fingerprint density at radius 1 is 1.59 bits per heavy atom. The number of rotatable bonds is 2. The fraction of sp³-hybridized carbons (Fsp3) is 0.889. The first-order valence-corrected chi connectivity index (χ1v) is 6.10. The maximum Gasteiger partial charge on any atom is 0.266 e. The maximum absolute atomic E-state index is 12.4. The third-order valence-corrected chi connectivity index (χ3v) is 4.02. The molecule has 0 spiro atoms. The van der Waals surface area contributed by atoms with E-state index in [9.17, 15) is 19.0 Å². The molecule has 0 aliphatic carbocycles. The second kappa shape index (κ2) is 5.05. The number of halogens is 2. The second-order valence-corrected chi connectivity index (χ2v) is 5.08. The van der Waals surface area contributed by atoms with Gasteiger partial charge in [0.2, 0.25) is 0 Å². The number of nitrogens with one attached hydrogen (secondary N) is 1. The predicted octanol–water partition coefficient (Wildman–Crippen LogP) is -0.221. The van der Waals surface area contributed by atoms with Crippen molar-refractivity contribution in [1.29, 1.82) is 0 Å². The molecule has 8 heteroatoms. The first kappa shape index (κ1) is 13.0. The van der Waals surface area contributed by atoms with Gasteiger partial charge in [-0.1, -0.05) is 11.8 Å². The lowest BCUT2D eigenvalue weighted by Gasteiger charge is -2.37. The van der Waals surface area contributed by atoms with Crippen LogP contribution >= 0.6 is 11.8 Å². The van der Waals surface area contributed by atoms with E-state index < -0.39 is 30.2 Å². The standard InChI is InChI=1S/C9H14F2N2O3S/c1-12-9-13-3-2-4(14)6(5(15)7(10)11)16-8(3)17-9/h3-8,14-15H,2H2,1H3,(H,12,13). The Bertz CT molecular complexity index is 319. The third kappa shape index (κ3) is 2.54. The van der Waals surface area contributed by atoms with E-state index in [-0.39, 0.29) is 12.5 Å². The monoisotopic (exact) mass is 268 g/mol. The molecule has 2 heterocycles. The van der Waals surface area contributed by atoms with Crippen molar-refractivity contribution in [1.82, 2.24) is 5.32 Å². The number of aliphatic hydroxyl groups excluding tert-OH is 2. The highest BCUT2D eigenvalue weighted by Gasteiger charge is 2.46. The minimum Gasteiger partial charge on any atom is -0.390 e. The van der Waals surface area contributed by atoms with Gasteiger partial charge in [-0.05, 0) is 6.42 Å². The Hall–Kier alpha value is -0.440. The van der Waals surface area contributed by atoms with Gasteiger partial charge in [0.15, 0.2) is 5.17 Å². The van der Waals surface area contributed by atoms with Crippen molar-refractivity contribution < 1.29 is 23.7 Å². The number of ether oxygens (including phenoxy) is 1. The SMILES string of the molecule is CN=C1NC2CC(O)C(C(O)C(F)F)OC2S1. The summed E-state index contributed by atoms with van der Waals surface area (Å²) >= 11 is 1.28. The summed E-state index contributed by atoms with van der Waals surface area (Å²) in [5, 5.41) is 22.6. The van der Waals surface area contributed by atoms with Crippen molar-refractivity contribution in [3.63, 3.8) is 0 Å². The van der Waals surface area contributed by atoms with Gasteiger partial charge in [-0.15, -0.1) is 0 Å². The number of fused-ring (bicyclic) bond motifs is 1. The largest absolute Gasteiger partial charge is 0.390 e. The van der Waals surface area contributed by atoms with E-state index in [1.54, 1.807) is 7.05 Å². The third-order valence-electron chi connectivity index (χ3n) is 2.83. The number of hydrogen-bond acceptors (Lipinski definition) is 5. The number of hydrogen-bond donors (Lipinski definition) is 3. The molecule has 0 bridgehead atoms. The summed E-state index contributed by atoms with van der Waals surface area (Å²) in [6, 6.07) is -0.158. The molecule has 5 nitrogen and oxygen atoms in total. The van der Waals surface area contributed by atoms with Gasteiger partial charge < -0.3 is 20.3 Å². The molecule has 98 valence electrons. The molecule has 17 heavy (non-hydrogen) atoms. The zero-order valence-corrected chi connectivity index (χ0v) is 9.90. The molecule has 2 fully saturated rings. The van der Waals surface area contributed by atoms with Gasteiger partial charge in [0, 0.05) is 7.05 Å². The van der Waals surface area contributed by atoms with Gasteiger partial charge in [0.05, 0.1) is 12.1 Å². The molecule has 5 unspecified atom stereocenters. The van der Waals surface area contributed by atoms with Crippen LogP contribution in [0.3, 0.4) is 0 Å². The predicted molar refractivity (Wildman–Crippen MR) is 59.2 cm³/mol. The van der Waals surface area contributed by atoms with Gasteiger partial charge in [0.1, 0.15) is 17.6 Å². The Morgan fingerprint density at radius 2 is 2.29 bits per heavy atom. The summed E-state index contributed by atoms with van der Waals surface area (Å²) in [5.74, 6) is 0. The number of thioether (sulfide) groups is 1. The molecule has 0 amide bonds. The summed E-state index contributed by atoms with van der Waals surface area (Å²) in [7, 11) is 1.61. The van der Waals surface area contributed by atoms with Crippen LogP contribution in [0.2, 0.25) is 0 Å². The number of nitrogens with zero attached hydrogens (tertiary/aromatic N) is 1. The highest BCUT2D eigenvalue weighted by molar-refractivity contribution is 8.14. The number of aliphatic imine (C=N–C) groups is 1. The van der Waals surface area contributed by atoms with Gasteiger partial charge in [-0.2, -0.15) is 0 Å². The molecule has 2 aliphatic rings. The molecule has 0 aromatic rings. The Labute approximate surface area is 101 Å². The molecule has 0 aromatic heterocycles. The van der Waals surface area contributed by atoms with E-state index in [2.05, 4.69) is 10.3 Å². The number of alkyl halides is 2. The fourth-order valence-corrected chi connectivity index (χ4v) is 3.03. The average molecular weight is 268 g/mol. The molecule has 2 aliphatic heterocycles. The maximum atomic E-state index is 12.4. The topological polar surface area (TPSA) is 74.1 Å². The van der Waals surface area contributed by atoms with Crippen LogP contribution in [0.1, 0.15) is 6.42 Å². The van der Waals surface area contributed by atoms with Crippen molar-refractivity contribution in [2.24, 2.45) is 4.99 Å². The van der Waals surface area contributed by atoms with Crippen LogP contribution in [-0.2, 0) is 4.74 Å². The minimum atomic E-state index is -2.93. The van der Waals surface area contributed by atoms with Crippen molar-refractivity contribution in [3.8, 4) is 0 Å². The highest BCUT2D eigenvalue weighted by atomic mass is 32.2. The van der Waals surface area contributed by atoms with Crippen LogP contribution in [0, 0.1) is 0 Å². The summed E-state index contributed by atoms with van der Waals surface area (Å²) in [6.45, 7) is 0. The smallest absolute Gasteiger partial charge is 0.266 e. The lowest BCUT2D eigenvalue weighted by atomic mass is 9.98. The quantitative estimate of drug-likeness (QED) is 0.645. The Morgan fingerprint density at radius 3 is 2.88 bits per heavy atom. The lowest BCUT2D eigenvalue weighted by molar-refractivity contribution is -0.173. The van der Waals surface area contributed by atoms with Crippen LogP contribution in [-0.4, -0.2) is 58.6 Å². The fourth-order valence-electron chi connectivity index (χ4n) is 1.95. The van der Waals surface area contributed by atoms with Gasteiger partial charge in [-0.3, -0.25) is 4.99 Å². The van der Waals surface area contributed by atoms with Crippen molar-refractivity contribution >= 4 is 16.9 Å². The van der Waals surface area contributed by atoms with Crippen LogP contribution in [0.4, 0.5) is 8.78 Å². The molecule has 2 saturated heterocycles. The van der Waals surface area contributed by atoms with Crippen LogP contribution in [0.5, 0.6) is 0 Å². The van der Waals surface area contributed by atoms with E-state index in [4.69, 9.17) is 4.74 Å². The van der Waals surface area contributed by atoms with Crippen LogP contribution in [0.15, 0.2) is 4.99 Å². The number of aliphatic hydroxyl groups is 2. The zero-order chi connectivity index (χ0) is 12.6. The van der Waals surface area contributed by atoms with Crippen molar-refractivity contribution in [2.75, 3.05) is 7.05 Å². The van der Waals surface area contributed by atoms with Gasteiger partial charge >= 0.3 is 0 Å². The van der Waals surface area contributed by atoms with Crippen molar-refractivity contribution in [2.45, 2.75) is 42.6 Å². The van der Waals surface area contributed by atoms with Gasteiger partial charge in [-0.25, -0.2) is 8.78 Å². The summed E-state index contributed by atoms with van der Waals surface area (Å²) < 4.78 is 30.1. The first-order chi connectivity index (χ1) is 8.02. The van der Waals surface area contributed by atoms with E-state index in [0.717, 1.165) is 0 Å². The normalized spacial score (nSPS) is 41.4. The zero-order valence-electron chi connectivity index (χ0n) is 9.09. The van der Waals surface area contributed by atoms with Crippen LogP contribution < -0.4 is 5.32 Å². The molecule has 0 aromatic carbocycles. The van der Waals surface area contributed by atoms with Gasteiger partial charge in [0.25, 0.3) is 6.43 Å². The molecule has 2 rings (SSSR count). The molecule has 0 radical (unpaired) electrons. The molecule has 3 N–H and O–H groups in total. The number of amidine groups is 1. The minimum absolute atomic E-state index is 0.158. The Balaban J connectivity index is 2.05. The average Bonchev–Trinajstić information content (AvgIpc) is 2.68.